The van der Waals surface area contributed by atoms with Crippen molar-refractivity contribution in [3.8, 4) is 6.07 Å². The molecule has 0 bridgehead atoms. The van der Waals surface area contributed by atoms with Crippen molar-refractivity contribution in [3.05, 3.63) is 71.3 Å². The smallest absolute Gasteiger partial charge is 0.0715 e. The molecule has 2 aromatic rings. The van der Waals surface area contributed by atoms with Gasteiger partial charge in [-0.1, -0.05) is 68.4 Å². The van der Waals surface area contributed by atoms with Crippen LogP contribution >= 0.6 is 0 Å². The molecule has 0 heterocycles. The fourth-order valence-corrected chi connectivity index (χ4v) is 2.41. The summed E-state index contributed by atoms with van der Waals surface area (Å²) in [4.78, 5) is 0. The lowest BCUT2D eigenvalue weighted by Gasteiger charge is -2.11. The van der Waals surface area contributed by atoms with Gasteiger partial charge in [-0.15, -0.1) is 0 Å². The van der Waals surface area contributed by atoms with E-state index in [0.29, 0.717) is 5.92 Å². The average molecular weight is 263 g/mol. The quantitative estimate of drug-likeness (QED) is 0.740. The summed E-state index contributed by atoms with van der Waals surface area (Å²) < 4.78 is 0. The minimum absolute atomic E-state index is 0.0149. The first-order valence-corrected chi connectivity index (χ1v) is 7.24. The lowest BCUT2D eigenvalue weighted by atomic mass is 9.92. The van der Waals surface area contributed by atoms with E-state index in [4.69, 9.17) is 0 Å². The van der Waals surface area contributed by atoms with Crippen molar-refractivity contribution in [1.82, 2.24) is 0 Å². The maximum absolute atomic E-state index is 9.35. The van der Waals surface area contributed by atoms with Crippen molar-refractivity contribution >= 4 is 0 Å². The Morgan fingerprint density at radius 2 is 1.65 bits per heavy atom. The van der Waals surface area contributed by atoms with E-state index < -0.39 is 0 Å². The number of nitrogens with zero attached hydrogens (tertiary/aromatic N) is 1. The van der Waals surface area contributed by atoms with Crippen LogP contribution in [-0.2, 0) is 6.42 Å². The van der Waals surface area contributed by atoms with Crippen molar-refractivity contribution in [2.24, 2.45) is 0 Å². The number of benzene rings is 2. The fourth-order valence-electron chi connectivity index (χ4n) is 2.41. The predicted octanol–water partition coefficient (Wildman–Crippen LogP) is 5.05. The van der Waals surface area contributed by atoms with E-state index in [2.05, 4.69) is 44.2 Å². The van der Waals surface area contributed by atoms with Gasteiger partial charge in [-0.05, 0) is 35.4 Å². The second-order valence-electron chi connectivity index (χ2n) is 5.53. The number of aryl methyl sites for hydroxylation is 1. The minimum atomic E-state index is -0.0149. The van der Waals surface area contributed by atoms with Crippen LogP contribution in [0.3, 0.4) is 0 Å². The maximum Gasteiger partial charge on any atom is 0.0715 e. The first-order valence-electron chi connectivity index (χ1n) is 7.24. The van der Waals surface area contributed by atoms with Gasteiger partial charge in [0.05, 0.1) is 12.0 Å². The molecule has 0 saturated carbocycles. The van der Waals surface area contributed by atoms with Gasteiger partial charge < -0.3 is 0 Å². The Bertz CT molecular complexity index is 578. The molecule has 1 atom stereocenters. The Balaban J connectivity index is 2.04. The average Bonchev–Trinajstić information content (AvgIpc) is 2.49. The van der Waals surface area contributed by atoms with E-state index >= 15 is 0 Å². The molecule has 2 aromatic carbocycles. The molecule has 0 aliphatic carbocycles. The highest BCUT2D eigenvalue weighted by molar-refractivity contribution is 5.28. The predicted molar refractivity (Wildman–Crippen MR) is 83.6 cm³/mol. The van der Waals surface area contributed by atoms with Gasteiger partial charge in [-0.2, -0.15) is 5.26 Å². The molecule has 102 valence electrons. The molecule has 0 fully saturated rings. The van der Waals surface area contributed by atoms with E-state index in [-0.39, 0.29) is 5.92 Å². The van der Waals surface area contributed by atoms with Crippen molar-refractivity contribution in [2.75, 3.05) is 0 Å². The molecule has 1 nitrogen and oxygen atoms in total. The first-order chi connectivity index (χ1) is 9.70. The largest absolute Gasteiger partial charge is 0.198 e. The van der Waals surface area contributed by atoms with E-state index in [1.54, 1.807) is 0 Å². The molecule has 20 heavy (non-hydrogen) atoms. The number of hydrogen-bond donors (Lipinski definition) is 0. The van der Waals surface area contributed by atoms with Crippen molar-refractivity contribution in [2.45, 2.75) is 38.5 Å². The highest BCUT2D eigenvalue weighted by Gasteiger charge is 2.10. The van der Waals surface area contributed by atoms with Crippen LogP contribution in [0.2, 0.25) is 0 Å². The normalized spacial score (nSPS) is 12.1. The summed E-state index contributed by atoms with van der Waals surface area (Å²) in [5, 5.41) is 9.35. The molecular weight excluding hydrogens is 242 g/mol. The van der Waals surface area contributed by atoms with E-state index in [1.807, 2.05) is 30.3 Å². The zero-order chi connectivity index (χ0) is 14.4. The molecule has 0 aliphatic rings. The molecule has 0 aromatic heterocycles. The third-order valence-corrected chi connectivity index (χ3v) is 3.70. The van der Waals surface area contributed by atoms with E-state index in [9.17, 15) is 5.26 Å². The SMILES string of the molecule is CC(C)c1cccc(CC[C@H](C#N)c2ccccc2)c1. The van der Waals surface area contributed by atoms with Gasteiger partial charge in [-0.25, -0.2) is 0 Å². The van der Waals surface area contributed by atoms with Gasteiger partial charge in [0.15, 0.2) is 0 Å². The zero-order valence-corrected chi connectivity index (χ0v) is 12.2. The Morgan fingerprint density at radius 1 is 0.950 bits per heavy atom. The fraction of sp³-hybridized carbons (Fsp3) is 0.316. The van der Waals surface area contributed by atoms with Gasteiger partial charge in [0.2, 0.25) is 0 Å². The van der Waals surface area contributed by atoms with Crippen LogP contribution in [0.5, 0.6) is 0 Å². The molecule has 0 radical (unpaired) electrons. The molecule has 0 unspecified atom stereocenters. The second-order valence-corrected chi connectivity index (χ2v) is 5.53. The summed E-state index contributed by atoms with van der Waals surface area (Å²) in [6.45, 7) is 4.42. The molecule has 2 rings (SSSR count). The van der Waals surface area contributed by atoms with Crippen molar-refractivity contribution in [3.63, 3.8) is 0 Å². The van der Waals surface area contributed by atoms with Crippen LogP contribution in [0.1, 0.15) is 48.8 Å². The molecule has 0 aliphatic heterocycles. The van der Waals surface area contributed by atoms with E-state index in [1.165, 1.54) is 11.1 Å². The summed E-state index contributed by atoms with van der Waals surface area (Å²) in [7, 11) is 0. The molecule has 0 N–H and O–H groups in total. The highest BCUT2D eigenvalue weighted by atomic mass is 14.3. The zero-order valence-electron chi connectivity index (χ0n) is 12.2. The van der Waals surface area contributed by atoms with Gasteiger partial charge >= 0.3 is 0 Å². The van der Waals surface area contributed by atoms with E-state index in [0.717, 1.165) is 18.4 Å². The molecular formula is C19H21N. The van der Waals surface area contributed by atoms with Gasteiger partial charge in [0, 0.05) is 0 Å². The lowest BCUT2D eigenvalue weighted by molar-refractivity contribution is 0.744. The van der Waals surface area contributed by atoms with Crippen LogP contribution < -0.4 is 0 Å². The molecule has 1 heteroatoms. The van der Waals surface area contributed by atoms with Gasteiger partial charge in [0.25, 0.3) is 0 Å². The summed E-state index contributed by atoms with van der Waals surface area (Å²) in [6, 6.07) is 21.2. The molecule has 0 amide bonds. The molecule has 0 spiro atoms. The Kier molecular flexibility index (Phi) is 4.96. The summed E-state index contributed by atoms with van der Waals surface area (Å²) >= 11 is 0. The van der Waals surface area contributed by atoms with Gasteiger partial charge in [-0.3, -0.25) is 0 Å². The third kappa shape index (κ3) is 3.71. The highest BCUT2D eigenvalue weighted by Crippen LogP contribution is 2.22. The van der Waals surface area contributed by atoms with Crippen molar-refractivity contribution in [1.29, 1.82) is 5.26 Å². The van der Waals surface area contributed by atoms with Crippen LogP contribution in [-0.4, -0.2) is 0 Å². The number of hydrogen-bond acceptors (Lipinski definition) is 1. The Labute approximate surface area is 121 Å². The van der Waals surface area contributed by atoms with Gasteiger partial charge in [0.1, 0.15) is 0 Å². The maximum atomic E-state index is 9.35. The van der Waals surface area contributed by atoms with Crippen LogP contribution in [0.15, 0.2) is 54.6 Å². The monoisotopic (exact) mass is 263 g/mol. The standard InChI is InChI=1S/C19H21N/c1-15(2)18-10-6-7-16(13-18)11-12-19(14-20)17-8-4-3-5-9-17/h3-10,13,15,19H,11-12H2,1-2H3/t19-/m1/s1. The Morgan fingerprint density at radius 3 is 2.30 bits per heavy atom. The third-order valence-electron chi connectivity index (χ3n) is 3.70. The van der Waals surface area contributed by atoms with Crippen LogP contribution in [0, 0.1) is 11.3 Å². The lowest BCUT2D eigenvalue weighted by Crippen LogP contribution is -1.99. The molecule has 0 saturated heterocycles. The van der Waals surface area contributed by atoms with Crippen LogP contribution in [0.25, 0.3) is 0 Å². The summed E-state index contributed by atoms with van der Waals surface area (Å²) in [5.41, 5.74) is 3.82. The second kappa shape index (κ2) is 6.91. The first kappa shape index (κ1) is 14.3. The number of rotatable bonds is 5. The topological polar surface area (TPSA) is 23.8 Å². The van der Waals surface area contributed by atoms with Crippen LogP contribution in [0.4, 0.5) is 0 Å². The summed E-state index contributed by atoms with van der Waals surface area (Å²) in [5.74, 6) is 0.537. The minimum Gasteiger partial charge on any atom is -0.198 e. The Hall–Kier alpha value is -2.07. The number of nitriles is 1. The summed E-state index contributed by atoms with van der Waals surface area (Å²) in [6.07, 6.45) is 1.83. The van der Waals surface area contributed by atoms with Crippen molar-refractivity contribution < 1.29 is 0 Å².